The predicted molar refractivity (Wildman–Crippen MR) is 94.7 cm³/mol. The molecule has 5 nitrogen and oxygen atoms in total. The molecule has 1 aliphatic heterocycles. The summed E-state index contributed by atoms with van der Waals surface area (Å²) in [6.45, 7) is 5.37. The van der Waals surface area contributed by atoms with Crippen molar-refractivity contribution in [2.75, 3.05) is 40.4 Å². The Morgan fingerprint density at radius 3 is 2.83 bits per heavy atom. The van der Waals surface area contributed by atoms with Gasteiger partial charge in [0.05, 0.1) is 0 Å². The Labute approximate surface area is 145 Å². The molecule has 0 saturated heterocycles. The minimum absolute atomic E-state index is 0.0372. The highest BCUT2D eigenvalue weighted by molar-refractivity contribution is 5.76. The number of carbonyl (C=O) groups excluding carboxylic acids is 1. The van der Waals surface area contributed by atoms with E-state index in [-0.39, 0.29) is 12.5 Å². The standard InChI is InChI=1S/C19H31N3O2/c1-20(2)19(23)15-24-10-8-17-12-21(11-16-5-3-6-16)14-18-7-4-9-22(18)13-17/h4,7,9,16-17H,3,5-6,8,10-15H2,1-2H3/t17-/m1/s1. The van der Waals surface area contributed by atoms with Gasteiger partial charge in [-0.05, 0) is 43.2 Å². The minimum Gasteiger partial charge on any atom is -0.372 e. The average Bonchev–Trinajstić information content (AvgIpc) is 2.86. The number of rotatable bonds is 7. The van der Waals surface area contributed by atoms with Crippen LogP contribution in [0.4, 0.5) is 0 Å². The van der Waals surface area contributed by atoms with Crippen molar-refractivity contribution in [2.45, 2.75) is 38.8 Å². The third kappa shape index (κ3) is 4.61. The molecule has 134 valence electrons. The Morgan fingerprint density at radius 2 is 2.12 bits per heavy atom. The van der Waals surface area contributed by atoms with Crippen LogP contribution >= 0.6 is 0 Å². The molecule has 0 spiro atoms. The van der Waals surface area contributed by atoms with Crippen LogP contribution in [0.25, 0.3) is 0 Å². The fourth-order valence-electron chi connectivity index (χ4n) is 3.67. The summed E-state index contributed by atoms with van der Waals surface area (Å²) in [6, 6.07) is 4.41. The van der Waals surface area contributed by atoms with Crippen LogP contribution in [0.15, 0.2) is 18.3 Å². The number of likely N-dealkylation sites (N-methyl/N-ethyl adjacent to an activating group) is 1. The zero-order valence-electron chi connectivity index (χ0n) is 15.1. The van der Waals surface area contributed by atoms with Gasteiger partial charge in [0.15, 0.2) is 0 Å². The molecule has 0 radical (unpaired) electrons. The number of carbonyl (C=O) groups is 1. The van der Waals surface area contributed by atoms with E-state index in [9.17, 15) is 4.79 Å². The van der Waals surface area contributed by atoms with Crippen molar-refractivity contribution in [3.63, 3.8) is 0 Å². The van der Waals surface area contributed by atoms with Crippen LogP contribution in [-0.4, -0.2) is 60.7 Å². The highest BCUT2D eigenvalue weighted by Gasteiger charge is 2.26. The molecule has 0 unspecified atom stereocenters. The van der Waals surface area contributed by atoms with E-state index in [0.717, 1.165) is 32.0 Å². The second-order valence-electron chi connectivity index (χ2n) is 7.64. The zero-order valence-corrected chi connectivity index (χ0v) is 15.1. The lowest BCUT2D eigenvalue weighted by Gasteiger charge is -2.32. The number of hydrogen-bond donors (Lipinski definition) is 0. The van der Waals surface area contributed by atoms with Crippen molar-refractivity contribution in [1.29, 1.82) is 0 Å². The number of aromatic nitrogens is 1. The maximum Gasteiger partial charge on any atom is 0.248 e. The lowest BCUT2D eigenvalue weighted by Crippen LogP contribution is -2.35. The first kappa shape index (κ1) is 17.5. The van der Waals surface area contributed by atoms with E-state index in [1.807, 2.05) is 0 Å². The second-order valence-corrected chi connectivity index (χ2v) is 7.64. The van der Waals surface area contributed by atoms with Crippen LogP contribution in [0.1, 0.15) is 31.4 Å². The lowest BCUT2D eigenvalue weighted by atomic mass is 9.85. The third-order valence-electron chi connectivity index (χ3n) is 5.42. The first-order valence-electron chi connectivity index (χ1n) is 9.26. The van der Waals surface area contributed by atoms with Gasteiger partial charge in [-0.2, -0.15) is 0 Å². The molecule has 24 heavy (non-hydrogen) atoms. The molecule has 1 amide bonds. The summed E-state index contributed by atoms with van der Waals surface area (Å²) < 4.78 is 8.00. The normalized spacial score (nSPS) is 21.8. The van der Waals surface area contributed by atoms with Crippen LogP contribution in [0.2, 0.25) is 0 Å². The largest absolute Gasteiger partial charge is 0.372 e. The van der Waals surface area contributed by atoms with Crippen LogP contribution in [0.3, 0.4) is 0 Å². The predicted octanol–water partition coefficient (Wildman–Crippen LogP) is 2.21. The topological polar surface area (TPSA) is 37.7 Å². The smallest absolute Gasteiger partial charge is 0.248 e. The fourth-order valence-corrected chi connectivity index (χ4v) is 3.67. The van der Waals surface area contributed by atoms with Gasteiger partial charge in [-0.15, -0.1) is 0 Å². The molecule has 0 N–H and O–H groups in total. The summed E-state index contributed by atoms with van der Waals surface area (Å²) in [5, 5.41) is 0. The van der Waals surface area contributed by atoms with E-state index < -0.39 is 0 Å². The Morgan fingerprint density at radius 1 is 1.29 bits per heavy atom. The number of amides is 1. The molecule has 5 heteroatoms. The Bertz CT molecular complexity index is 536. The van der Waals surface area contributed by atoms with Crippen LogP contribution < -0.4 is 0 Å². The SMILES string of the molecule is CN(C)C(=O)COCC[C@@H]1CN(CC2CCC2)Cc2cccn2C1. The van der Waals surface area contributed by atoms with Gasteiger partial charge in [-0.3, -0.25) is 9.69 Å². The molecule has 1 aliphatic carbocycles. The molecule has 2 aliphatic rings. The van der Waals surface area contributed by atoms with E-state index in [1.54, 1.807) is 19.0 Å². The van der Waals surface area contributed by atoms with E-state index in [1.165, 1.54) is 31.5 Å². The molecule has 2 heterocycles. The molecule has 0 bridgehead atoms. The average molecular weight is 333 g/mol. The number of nitrogens with zero attached hydrogens (tertiary/aromatic N) is 3. The zero-order chi connectivity index (χ0) is 16.9. The molecule has 1 atom stereocenters. The maximum atomic E-state index is 11.6. The van der Waals surface area contributed by atoms with Gasteiger partial charge < -0.3 is 14.2 Å². The van der Waals surface area contributed by atoms with Gasteiger partial charge in [0.1, 0.15) is 6.61 Å². The van der Waals surface area contributed by atoms with Gasteiger partial charge in [0.25, 0.3) is 0 Å². The van der Waals surface area contributed by atoms with Gasteiger partial charge >= 0.3 is 0 Å². The van der Waals surface area contributed by atoms with Crippen molar-refractivity contribution in [2.24, 2.45) is 11.8 Å². The summed E-state index contributed by atoms with van der Waals surface area (Å²) in [7, 11) is 3.53. The van der Waals surface area contributed by atoms with Gasteiger partial charge in [-0.25, -0.2) is 0 Å². The molecule has 0 aromatic carbocycles. The number of ether oxygens (including phenoxy) is 1. The highest BCUT2D eigenvalue weighted by Crippen LogP contribution is 2.29. The third-order valence-corrected chi connectivity index (χ3v) is 5.42. The van der Waals surface area contributed by atoms with Gasteiger partial charge in [0.2, 0.25) is 5.91 Å². The first-order chi connectivity index (χ1) is 11.6. The molecular weight excluding hydrogens is 302 g/mol. The molecule has 1 aromatic heterocycles. The van der Waals surface area contributed by atoms with Crippen LogP contribution in [0, 0.1) is 11.8 Å². The summed E-state index contributed by atoms with van der Waals surface area (Å²) >= 11 is 0. The second kappa shape index (κ2) is 8.17. The Balaban J connectivity index is 1.50. The molecule has 1 saturated carbocycles. The summed E-state index contributed by atoms with van der Waals surface area (Å²) in [6.07, 6.45) is 7.42. The monoisotopic (exact) mass is 333 g/mol. The van der Waals surface area contributed by atoms with Crippen molar-refractivity contribution in [3.05, 3.63) is 24.0 Å². The van der Waals surface area contributed by atoms with E-state index in [2.05, 4.69) is 27.8 Å². The van der Waals surface area contributed by atoms with Crippen LogP contribution in [-0.2, 0) is 22.6 Å². The minimum atomic E-state index is 0.0372. The molecule has 1 aromatic rings. The molecule has 1 fully saturated rings. The fraction of sp³-hybridized carbons (Fsp3) is 0.737. The summed E-state index contributed by atoms with van der Waals surface area (Å²) in [4.78, 5) is 15.8. The quantitative estimate of drug-likeness (QED) is 0.718. The highest BCUT2D eigenvalue weighted by atomic mass is 16.5. The van der Waals surface area contributed by atoms with E-state index >= 15 is 0 Å². The van der Waals surface area contributed by atoms with Crippen molar-refractivity contribution < 1.29 is 9.53 Å². The van der Waals surface area contributed by atoms with Gasteiger partial charge in [0, 0.05) is 58.8 Å². The Kier molecular flexibility index (Phi) is 5.95. The molecule has 3 rings (SSSR count). The van der Waals surface area contributed by atoms with Crippen LogP contribution in [0.5, 0.6) is 0 Å². The summed E-state index contributed by atoms with van der Waals surface area (Å²) in [5.74, 6) is 1.53. The first-order valence-corrected chi connectivity index (χ1v) is 9.26. The van der Waals surface area contributed by atoms with Crippen molar-refractivity contribution in [3.8, 4) is 0 Å². The summed E-state index contributed by atoms with van der Waals surface area (Å²) in [5.41, 5.74) is 1.43. The van der Waals surface area contributed by atoms with Gasteiger partial charge in [-0.1, -0.05) is 6.42 Å². The molecular formula is C19H31N3O2. The Hall–Kier alpha value is -1.33. The lowest BCUT2D eigenvalue weighted by molar-refractivity contribution is -0.133. The number of fused-ring (bicyclic) bond motifs is 1. The maximum absolute atomic E-state index is 11.6. The van der Waals surface area contributed by atoms with Crippen molar-refractivity contribution in [1.82, 2.24) is 14.4 Å². The van der Waals surface area contributed by atoms with E-state index in [0.29, 0.717) is 12.5 Å². The number of hydrogen-bond acceptors (Lipinski definition) is 3. The van der Waals surface area contributed by atoms with E-state index in [4.69, 9.17) is 4.74 Å². The van der Waals surface area contributed by atoms with Crippen molar-refractivity contribution >= 4 is 5.91 Å².